The van der Waals surface area contributed by atoms with Gasteiger partial charge in [0.2, 0.25) is 47.3 Å². The number of aliphatic carboxylic acids is 3. The molecular formula is C69H97N11O17. The van der Waals surface area contributed by atoms with Crippen LogP contribution in [0.15, 0.2) is 85.2 Å². The molecule has 28 nitrogen and oxygen atoms in total. The van der Waals surface area contributed by atoms with Gasteiger partial charge < -0.3 is 77.5 Å². The zero-order chi connectivity index (χ0) is 69.9. The van der Waals surface area contributed by atoms with Gasteiger partial charge >= 0.3 is 23.9 Å². The van der Waals surface area contributed by atoms with Crippen LogP contribution in [0.1, 0.15) is 158 Å². The Morgan fingerprint density at radius 1 is 0.526 bits per heavy atom. The van der Waals surface area contributed by atoms with E-state index >= 15 is 0 Å². The number of nitrogens with one attached hydrogen (secondary N) is 9. The number of amides is 10. The van der Waals surface area contributed by atoms with E-state index in [1.807, 2.05) is 72.0 Å². The van der Waals surface area contributed by atoms with Crippen molar-refractivity contribution >= 4 is 71.2 Å². The number of urea groups is 1. The number of nitrogens with zero attached hydrogens (tertiary/aromatic N) is 2. The number of hydrogen-bond donors (Lipinski definition) is 12. The van der Waals surface area contributed by atoms with E-state index in [1.165, 1.54) is 0 Å². The third-order valence-corrected chi connectivity index (χ3v) is 17.7. The van der Waals surface area contributed by atoms with Gasteiger partial charge in [-0.2, -0.15) is 0 Å². The lowest BCUT2D eigenvalue weighted by Crippen LogP contribution is -2.55. The van der Waals surface area contributed by atoms with Gasteiger partial charge in [0, 0.05) is 109 Å². The summed E-state index contributed by atoms with van der Waals surface area (Å²) in [4.78, 5) is 158. The molecule has 530 valence electrons. The molecule has 1 aliphatic heterocycles. The second kappa shape index (κ2) is 41.8. The molecule has 0 unspecified atom stereocenters. The largest absolute Gasteiger partial charge is 0.481 e. The van der Waals surface area contributed by atoms with Crippen LogP contribution in [0.5, 0.6) is 0 Å². The smallest absolute Gasteiger partial charge is 0.326 e. The normalized spacial score (nSPS) is 19.5. The SMILES string of the molecule is CN1C(=O)C[C@H](C(=O)NCCOC2CCC(OCCCC(=O)NC3CCC(C(=O)NCCNC(=O)[C@H](Cc4ccccc4)NC(=O)[C@H](Cc4ccccc4)NC(=O)CCCCCCCNC(=O)CC[C@H](NC(=O)N[C@@H](CCC(=O)O)C(=O)O)C(=O)O)CC3)CC2)[C@H]1c1cccnc1. The molecule has 2 heterocycles. The second-order valence-electron chi connectivity index (χ2n) is 25.1. The highest BCUT2D eigenvalue weighted by Gasteiger charge is 2.43. The number of benzene rings is 2. The Labute approximate surface area is 565 Å². The van der Waals surface area contributed by atoms with Crippen LogP contribution in [0, 0.1) is 11.8 Å². The first-order valence-electron chi connectivity index (χ1n) is 33.9. The molecule has 2 aromatic carbocycles. The summed E-state index contributed by atoms with van der Waals surface area (Å²) in [6.07, 6.45) is 12.5. The third-order valence-electron chi connectivity index (χ3n) is 17.7. The van der Waals surface area contributed by atoms with Crippen LogP contribution >= 0.6 is 0 Å². The molecule has 97 heavy (non-hydrogen) atoms. The summed E-state index contributed by atoms with van der Waals surface area (Å²) in [6, 6.07) is 15.3. The molecule has 2 aliphatic carbocycles. The zero-order valence-corrected chi connectivity index (χ0v) is 55.3. The number of unbranched alkanes of at least 4 members (excludes halogenated alkanes) is 4. The predicted molar refractivity (Wildman–Crippen MR) is 353 cm³/mol. The topological polar surface area (TPSA) is 408 Å². The molecule has 10 amide bonds. The summed E-state index contributed by atoms with van der Waals surface area (Å²) in [7, 11) is 1.71. The molecule has 0 bridgehead atoms. The maximum absolute atomic E-state index is 14.1. The first-order chi connectivity index (χ1) is 46.7. The van der Waals surface area contributed by atoms with E-state index in [0.717, 1.165) is 48.8 Å². The molecule has 0 spiro atoms. The maximum atomic E-state index is 14.1. The Kier molecular flexibility index (Phi) is 33.2. The molecule has 12 N–H and O–H groups in total. The summed E-state index contributed by atoms with van der Waals surface area (Å²) in [6.45, 7) is 1.71. The van der Waals surface area contributed by atoms with Gasteiger partial charge in [-0.1, -0.05) is 86.0 Å². The summed E-state index contributed by atoms with van der Waals surface area (Å²) < 4.78 is 12.2. The van der Waals surface area contributed by atoms with Crippen molar-refractivity contribution in [2.45, 2.75) is 196 Å². The molecule has 2 saturated carbocycles. The quantitative estimate of drug-likeness (QED) is 0.0361. The van der Waals surface area contributed by atoms with Crippen LogP contribution in [0.25, 0.3) is 0 Å². The fourth-order valence-electron chi connectivity index (χ4n) is 12.3. The van der Waals surface area contributed by atoms with E-state index in [0.29, 0.717) is 84.0 Å². The minimum Gasteiger partial charge on any atom is -0.481 e. The number of ether oxygens (including phenoxy) is 2. The number of hydrogen-bond acceptors (Lipinski definition) is 15. The van der Waals surface area contributed by atoms with E-state index in [2.05, 4.69) is 47.5 Å². The van der Waals surface area contributed by atoms with Crippen LogP contribution in [0.3, 0.4) is 0 Å². The summed E-state index contributed by atoms with van der Waals surface area (Å²) in [5, 5.41) is 52.1. The van der Waals surface area contributed by atoms with Crippen molar-refractivity contribution in [1.82, 2.24) is 57.7 Å². The lowest BCUT2D eigenvalue weighted by atomic mass is 9.85. The van der Waals surface area contributed by atoms with E-state index in [1.54, 1.807) is 30.4 Å². The molecule has 6 atom stereocenters. The average molecular weight is 1350 g/mol. The highest BCUT2D eigenvalue weighted by molar-refractivity contribution is 5.93. The molecule has 3 fully saturated rings. The predicted octanol–water partition coefficient (Wildman–Crippen LogP) is 3.51. The Morgan fingerprint density at radius 2 is 1.09 bits per heavy atom. The van der Waals surface area contributed by atoms with E-state index < -0.39 is 84.6 Å². The van der Waals surface area contributed by atoms with Crippen molar-refractivity contribution < 1.29 is 82.3 Å². The molecule has 3 aliphatic rings. The maximum Gasteiger partial charge on any atom is 0.326 e. The van der Waals surface area contributed by atoms with Gasteiger partial charge in [-0.3, -0.25) is 48.1 Å². The lowest BCUT2D eigenvalue weighted by molar-refractivity contribution is -0.141. The van der Waals surface area contributed by atoms with Crippen molar-refractivity contribution in [3.8, 4) is 0 Å². The zero-order valence-electron chi connectivity index (χ0n) is 55.3. The van der Waals surface area contributed by atoms with Gasteiger partial charge in [0.05, 0.1) is 30.8 Å². The van der Waals surface area contributed by atoms with Crippen molar-refractivity contribution in [2.75, 3.05) is 46.4 Å². The minimum atomic E-state index is -1.57. The summed E-state index contributed by atoms with van der Waals surface area (Å²) in [5.41, 5.74) is 2.41. The van der Waals surface area contributed by atoms with Gasteiger partial charge in [0.15, 0.2) is 0 Å². The number of aromatic nitrogens is 1. The fraction of sp³-hybridized carbons (Fsp3) is 0.580. The van der Waals surface area contributed by atoms with Crippen molar-refractivity contribution in [3.63, 3.8) is 0 Å². The van der Waals surface area contributed by atoms with Crippen LogP contribution in [0.4, 0.5) is 4.79 Å². The van der Waals surface area contributed by atoms with Gasteiger partial charge in [-0.25, -0.2) is 14.4 Å². The number of carbonyl (C=O) groups excluding carboxylic acids is 9. The number of pyridine rings is 1. The molecule has 1 saturated heterocycles. The first kappa shape index (κ1) is 77.0. The monoisotopic (exact) mass is 1350 g/mol. The van der Waals surface area contributed by atoms with Crippen molar-refractivity contribution in [1.29, 1.82) is 0 Å². The van der Waals surface area contributed by atoms with Crippen LogP contribution in [-0.4, -0.2) is 185 Å². The number of carboxylic acid groups (broad SMARTS) is 3. The van der Waals surface area contributed by atoms with E-state index in [9.17, 15) is 67.7 Å². The Balaban J connectivity index is 0.820. The lowest BCUT2D eigenvalue weighted by Gasteiger charge is -2.29. The molecule has 28 heteroatoms. The van der Waals surface area contributed by atoms with E-state index in [-0.39, 0.29) is 118 Å². The first-order valence-corrected chi connectivity index (χ1v) is 33.9. The number of likely N-dealkylation sites (tertiary alicyclic amines) is 1. The molecule has 6 rings (SSSR count). The average Bonchev–Trinajstić information content (AvgIpc) is 1.66. The second-order valence-corrected chi connectivity index (χ2v) is 25.1. The Hall–Kier alpha value is -9.05. The number of carbonyl (C=O) groups is 12. The molecular weight excluding hydrogens is 1250 g/mol. The van der Waals surface area contributed by atoms with Gasteiger partial charge in [-0.05, 0) is 106 Å². The summed E-state index contributed by atoms with van der Waals surface area (Å²) in [5.74, 6) is -7.25. The highest BCUT2D eigenvalue weighted by atomic mass is 16.5. The minimum absolute atomic E-state index is 0.0391. The van der Waals surface area contributed by atoms with Crippen molar-refractivity contribution in [2.24, 2.45) is 11.8 Å². The molecule has 1 aromatic heterocycles. The molecule has 3 aromatic rings. The van der Waals surface area contributed by atoms with Crippen LogP contribution in [0.2, 0.25) is 0 Å². The van der Waals surface area contributed by atoms with E-state index in [4.69, 9.17) is 14.6 Å². The van der Waals surface area contributed by atoms with Crippen LogP contribution < -0.4 is 47.9 Å². The van der Waals surface area contributed by atoms with Crippen molar-refractivity contribution in [3.05, 3.63) is 102 Å². The van der Waals surface area contributed by atoms with Gasteiger partial charge in [-0.15, -0.1) is 0 Å². The Bertz CT molecular complexity index is 3040. The molecule has 0 radical (unpaired) electrons. The Morgan fingerprint density at radius 3 is 1.70 bits per heavy atom. The van der Waals surface area contributed by atoms with Gasteiger partial charge in [0.1, 0.15) is 24.2 Å². The third kappa shape index (κ3) is 28.3. The number of carboxylic acids is 3. The number of rotatable bonds is 42. The standard InChI is InChI=1S/C69H97N11O17/c1-80-60(84)43-52(62(80)48-19-13-34-70-44-48)64(88)74-38-40-97-51-28-26-50(27-29-51)96-39-14-21-58(82)75-49-24-22-47(23-25-49)63(87)72-36-37-73-65(89)55(41-45-15-7-5-8-16-45)77-66(90)56(42-46-17-9-6-10-18-46)76-59(83)20-11-3-2-4-12-35-71-57(81)32-30-53(67(91)92)78-69(95)79-54(68(93)94)31-33-61(85)86/h5-10,13,15-19,34,44,47,49-56,62H,2-4,11-12,14,20-33,35-43H2,1H3,(H,71,81)(H,72,87)(H,73,89)(H,74,88)(H,75,82)(H,76,83)(H,77,90)(H,85,86)(H,91,92)(H,93,94)(H2,78,79,95)/t47?,49?,50?,51?,52-,53-,54-,55-,56-,62+/m0/s1. The van der Waals surface area contributed by atoms with Crippen LogP contribution in [-0.2, 0) is 75.1 Å². The van der Waals surface area contributed by atoms with Gasteiger partial charge in [0.25, 0.3) is 0 Å². The highest BCUT2D eigenvalue weighted by Crippen LogP contribution is 2.37. The fourth-order valence-corrected chi connectivity index (χ4v) is 12.3. The summed E-state index contributed by atoms with van der Waals surface area (Å²) >= 11 is 0.